The standard InChI is InChI=1S/C11H19N3O/c1-2-3-8-4-10(8)14-7-13-5-11(14)9(12)6-15/h5,7-10,15H,2-4,6,12H2,1H3. The first-order valence-corrected chi connectivity index (χ1v) is 5.66. The molecule has 15 heavy (non-hydrogen) atoms. The van der Waals surface area contributed by atoms with Crippen molar-refractivity contribution in [3.8, 4) is 0 Å². The highest BCUT2D eigenvalue weighted by Gasteiger charge is 2.38. The Morgan fingerprint density at radius 1 is 1.73 bits per heavy atom. The molecule has 84 valence electrons. The van der Waals surface area contributed by atoms with Gasteiger partial charge in [-0.1, -0.05) is 13.3 Å². The molecule has 1 saturated carbocycles. The molecule has 3 N–H and O–H groups in total. The third kappa shape index (κ3) is 2.06. The molecule has 3 unspecified atom stereocenters. The minimum absolute atomic E-state index is 0.0170. The van der Waals surface area contributed by atoms with Crippen molar-refractivity contribution >= 4 is 0 Å². The lowest BCUT2D eigenvalue weighted by atomic mass is 10.2. The molecule has 4 nitrogen and oxygen atoms in total. The van der Waals surface area contributed by atoms with Gasteiger partial charge in [0, 0.05) is 12.2 Å². The van der Waals surface area contributed by atoms with E-state index in [-0.39, 0.29) is 12.6 Å². The predicted molar refractivity (Wildman–Crippen MR) is 58.3 cm³/mol. The van der Waals surface area contributed by atoms with Crippen molar-refractivity contribution in [2.24, 2.45) is 11.7 Å². The SMILES string of the molecule is CCCC1CC1n1cncc1C(N)CO. The maximum atomic E-state index is 9.04. The number of rotatable bonds is 5. The summed E-state index contributed by atoms with van der Waals surface area (Å²) in [6.07, 6.45) is 7.34. The van der Waals surface area contributed by atoms with Gasteiger partial charge in [-0.15, -0.1) is 0 Å². The zero-order valence-electron chi connectivity index (χ0n) is 9.13. The van der Waals surface area contributed by atoms with Gasteiger partial charge >= 0.3 is 0 Å². The Hall–Kier alpha value is -0.870. The maximum Gasteiger partial charge on any atom is 0.0951 e. The van der Waals surface area contributed by atoms with Crippen molar-refractivity contribution in [2.75, 3.05) is 6.61 Å². The Morgan fingerprint density at radius 2 is 2.53 bits per heavy atom. The number of imidazole rings is 1. The second-order valence-corrected chi connectivity index (χ2v) is 4.37. The van der Waals surface area contributed by atoms with Crippen LogP contribution in [0.1, 0.15) is 44.0 Å². The molecule has 4 heteroatoms. The van der Waals surface area contributed by atoms with Gasteiger partial charge in [0.15, 0.2) is 0 Å². The minimum Gasteiger partial charge on any atom is -0.394 e. The van der Waals surface area contributed by atoms with Gasteiger partial charge in [-0.2, -0.15) is 0 Å². The molecule has 1 aliphatic rings. The van der Waals surface area contributed by atoms with Gasteiger partial charge in [-0.3, -0.25) is 0 Å². The molecule has 0 aromatic carbocycles. The molecular weight excluding hydrogens is 190 g/mol. The van der Waals surface area contributed by atoms with E-state index >= 15 is 0 Å². The van der Waals surface area contributed by atoms with Crippen molar-refractivity contribution in [3.05, 3.63) is 18.2 Å². The monoisotopic (exact) mass is 209 g/mol. The first kappa shape index (κ1) is 10.6. The van der Waals surface area contributed by atoms with Crippen LogP contribution < -0.4 is 5.73 Å². The lowest BCUT2D eigenvalue weighted by molar-refractivity contribution is 0.263. The summed E-state index contributed by atoms with van der Waals surface area (Å²) in [6, 6.07) is 0.274. The zero-order chi connectivity index (χ0) is 10.8. The Balaban J connectivity index is 2.06. The molecule has 0 aliphatic heterocycles. The average molecular weight is 209 g/mol. The maximum absolute atomic E-state index is 9.04. The summed E-state index contributed by atoms with van der Waals surface area (Å²) in [5, 5.41) is 9.04. The van der Waals surface area contributed by atoms with E-state index in [4.69, 9.17) is 10.8 Å². The molecule has 0 spiro atoms. The minimum atomic E-state index is -0.296. The van der Waals surface area contributed by atoms with Gasteiger partial charge < -0.3 is 15.4 Å². The van der Waals surface area contributed by atoms with E-state index in [0.29, 0.717) is 6.04 Å². The van der Waals surface area contributed by atoms with Crippen molar-refractivity contribution in [1.29, 1.82) is 0 Å². The van der Waals surface area contributed by atoms with Crippen LogP contribution in [-0.2, 0) is 0 Å². The smallest absolute Gasteiger partial charge is 0.0951 e. The number of nitrogens with two attached hydrogens (primary N) is 1. The van der Waals surface area contributed by atoms with Gasteiger partial charge in [0.25, 0.3) is 0 Å². The fourth-order valence-corrected chi connectivity index (χ4v) is 2.23. The summed E-state index contributed by atoms with van der Waals surface area (Å²) in [6.45, 7) is 2.19. The first-order chi connectivity index (χ1) is 7.27. The molecule has 3 atom stereocenters. The molecule has 0 amide bonds. The number of aliphatic hydroxyl groups is 1. The zero-order valence-corrected chi connectivity index (χ0v) is 9.13. The molecule has 1 aromatic rings. The fraction of sp³-hybridized carbons (Fsp3) is 0.727. The highest BCUT2D eigenvalue weighted by atomic mass is 16.3. The largest absolute Gasteiger partial charge is 0.394 e. The molecule has 1 aromatic heterocycles. The lowest BCUT2D eigenvalue weighted by Crippen LogP contribution is -2.18. The van der Waals surface area contributed by atoms with E-state index in [1.165, 1.54) is 19.3 Å². The Kier molecular flexibility index (Phi) is 3.07. The normalized spacial score (nSPS) is 26.6. The number of aliphatic hydroxyl groups excluding tert-OH is 1. The topological polar surface area (TPSA) is 64.1 Å². The number of hydrogen-bond acceptors (Lipinski definition) is 3. The summed E-state index contributed by atoms with van der Waals surface area (Å²) >= 11 is 0. The van der Waals surface area contributed by atoms with E-state index in [1.807, 2.05) is 6.33 Å². The van der Waals surface area contributed by atoms with E-state index in [9.17, 15) is 0 Å². The molecular formula is C11H19N3O. The van der Waals surface area contributed by atoms with Crippen molar-refractivity contribution in [1.82, 2.24) is 9.55 Å². The van der Waals surface area contributed by atoms with E-state index in [1.54, 1.807) is 6.20 Å². The Labute approximate surface area is 90.1 Å². The van der Waals surface area contributed by atoms with E-state index in [0.717, 1.165) is 11.6 Å². The highest BCUT2D eigenvalue weighted by Crippen LogP contribution is 2.47. The molecule has 2 rings (SSSR count). The quantitative estimate of drug-likeness (QED) is 0.766. The first-order valence-electron chi connectivity index (χ1n) is 5.66. The average Bonchev–Trinajstić information content (AvgIpc) is 2.83. The molecule has 0 radical (unpaired) electrons. The summed E-state index contributed by atoms with van der Waals surface area (Å²) in [4.78, 5) is 4.12. The van der Waals surface area contributed by atoms with Gasteiger partial charge in [0.05, 0.1) is 24.7 Å². The van der Waals surface area contributed by atoms with Gasteiger partial charge in [-0.05, 0) is 18.8 Å². The van der Waals surface area contributed by atoms with Crippen LogP contribution in [0.25, 0.3) is 0 Å². The van der Waals surface area contributed by atoms with Crippen LogP contribution in [0.5, 0.6) is 0 Å². The fourth-order valence-electron chi connectivity index (χ4n) is 2.23. The van der Waals surface area contributed by atoms with Crippen LogP contribution in [0, 0.1) is 5.92 Å². The number of aromatic nitrogens is 2. The molecule has 0 bridgehead atoms. The Morgan fingerprint density at radius 3 is 3.20 bits per heavy atom. The summed E-state index contributed by atoms with van der Waals surface area (Å²) in [5.41, 5.74) is 6.77. The van der Waals surface area contributed by atoms with Crippen LogP contribution in [0.3, 0.4) is 0 Å². The summed E-state index contributed by atoms with van der Waals surface area (Å²) < 4.78 is 2.14. The van der Waals surface area contributed by atoms with E-state index < -0.39 is 0 Å². The van der Waals surface area contributed by atoms with Crippen LogP contribution in [-0.4, -0.2) is 21.3 Å². The van der Waals surface area contributed by atoms with Gasteiger partial charge in [0.2, 0.25) is 0 Å². The molecule has 1 heterocycles. The second-order valence-electron chi connectivity index (χ2n) is 4.37. The third-order valence-corrected chi connectivity index (χ3v) is 3.17. The van der Waals surface area contributed by atoms with Crippen molar-refractivity contribution in [2.45, 2.75) is 38.3 Å². The number of hydrogen-bond donors (Lipinski definition) is 2. The third-order valence-electron chi connectivity index (χ3n) is 3.17. The summed E-state index contributed by atoms with van der Waals surface area (Å²) in [7, 11) is 0. The van der Waals surface area contributed by atoms with Gasteiger partial charge in [-0.25, -0.2) is 4.98 Å². The van der Waals surface area contributed by atoms with Crippen LogP contribution in [0.2, 0.25) is 0 Å². The van der Waals surface area contributed by atoms with Crippen molar-refractivity contribution in [3.63, 3.8) is 0 Å². The Bertz CT molecular complexity index is 323. The van der Waals surface area contributed by atoms with Crippen LogP contribution in [0.4, 0.5) is 0 Å². The van der Waals surface area contributed by atoms with Crippen LogP contribution in [0.15, 0.2) is 12.5 Å². The summed E-state index contributed by atoms with van der Waals surface area (Å²) in [5.74, 6) is 0.786. The lowest BCUT2D eigenvalue weighted by Gasteiger charge is -2.12. The van der Waals surface area contributed by atoms with Gasteiger partial charge in [0.1, 0.15) is 0 Å². The molecule has 1 aliphatic carbocycles. The molecule has 1 fully saturated rings. The number of nitrogens with zero attached hydrogens (tertiary/aromatic N) is 2. The van der Waals surface area contributed by atoms with Crippen LogP contribution >= 0.6 is 0 Å². The predicted octanol–water partition coefficient (Wildman–Crippen LogP) is 1.24. The van der Waals surface area contributed by atoms with E-state index in [2.05, 4.69) is 16.5 Å². The second kappa shape index (κ2) is 4.33. The molecule has 0 saturated heterocycles. The highest BCUT2D eigenvalue weighted by molar-refractivity contribution is 5.10. The van der Waals surface area contributed by atoms with Crippen molar-refractivity contribution < 1.29 is 5.11 Å².